The van der Waals surface area contributed by atoms with E-state index < -0.39 is 0 Å². The van der Waals surface area contributed by atoms with Gasteiger partial charge >= 0.3 is 0 Å². The normalized spacial score (nSPS) is 41.4. The van der Waals surface area contributed by atoms with Crippen molar-refractivity contribution in [1.29, 1.82) is 0 Å². The quantitative estimate of drug-likeness (QED) is 0.768. The van der Waals surface area contributed by atoms with Crippen LogP contribution in [0.4, 0.5) is 0 Å². The van der Waals surface area contributed by atoms with Crippen LogP contribution in [-0.4, -0.2) is 55.5 Å². The Morgan fingerprint density at radius 1 is 1.06 bits per heavy atom. The first-order valence-corrected chi connectivity index (χ1v) is 6.40. The molecule has 2 aliphatic rings. The molecule has 2 heterocycles. The Labute approximate surface area is 98.1 Å². The van der Waals surface area contributed by atoms with E-state index in [4.69, 9.17) is 15.2 Å². The molecule has 0 spiro atoms. The van der Waals surface area contributed by atoms with E-state index in [1.165, 1.54) is 0 Å². The van der Waals surface area contributed by atoms with Crippen LogP contribution < -0.4 is 5.73 Å². The van der Waals surface area contributed by atoms with Crippen molar-refractivity contribution < 1.29 is 9.47 Å². The molecule has 2 unspecified atom stereocenters. The van der Waals surface area contributed by atoms with Gasteiger partial charge in [-0.25, -0.2) is 0 Å². The molecular formula is C12H24N2O2. The zero-order chi connectivity index (χ0) is 11.5. The van der Waals surface area contributed by atoms with Crippen LogP contribution in [-0.2, 0) is 9.47 Å². The first-order chi connectivity index (χ1) is 7.67. The second kappa shape index (κ2) is 5.45. The maximum Gasteiger partial charge on any atom is 0.0707 e. The summed E-state index contributed by atoms with van der Waals surface area (Å²) in [5.41, 5.74) is 5.61. The average molecular weight is 228 g/mol. The van der Waals surface area contributed by atoms with E-state index in [1.807, 2.05) is 0 Å². The number of nitrogens with zero attached hydrogens (tertiary/aromatic N) is 1. The molecule has 2 rings (SSSR count). The molecule has 4 heteroatoms. The summed E-state index contributed by atoms with van der Waals surface area (Å²) in [5.74, 6) is 0. The Bertz CT molecular complexity index is 215. The molecular weight excluding hydrogens is 204 g/mol. The third-order valence-corrected chi connectivity index (χ3v) is 3.42. The van der Waals surface area contributed by atoms with E-state index in [1.54, 1.807) is 0 Å². The molecule has 2 aliphatic heterocycles. The molecule has 16 heavy (non-hydrogen) atoms. The molecule has 0 amide bonds. The molecule has 0 aromatic heterocycles. The van der Waals surface area contributed by atoms with Gasteiger partial charge in [0.2, 0.25) is 0 Å². The number of ether oxygens (including phenoxy) is 2. The van der Waals surface area contributed by atoms with Crippen LogP contribution in [0.1, 0.15) is 26.7 Å². The van der Waals surface area contributed by atoms with E-state index in [9.17, 15) is 0 Å². The van der Waals surface area contributed by atoms with Crippen molar-refractivity contribution in [3.05, 3.63) is 0 Å². The highest BCUT2D eigenvalue weighted by atomic mass is 16.5. The number of nitrogens with two attached hydrogens (primary N) is 1. The summed E-state index contributed by atoms with van der Waals surface area (Å²) in [4.78, 5) is 2.46. The zero-order valence-electron chi connectivity index (χ0n) is 10.4. The van der Waals surface area contributed by atoms with Crippen LogP contribution in [0.5, 0.6) is 0 Å². The fraction of sp³-hybridized carbons (Fsp3) is 1.00. The Hall–Kier alpha value is -0.160. The largest absolute Gasteiger partial charge is 0.373 e. The van der Waals surface area contributed by atoms with Gasteiger partial charge in [-0.3, -0.25) is 4.90 Å². The van der Waals surface area contributed by atoms with Crippen molar-refractivity contribution in [1.82, 2.24) is 4.90 Å². The van der Waals surface area contributed by atoms with E-state index in [0.717, 1.165) is 32.5 Å². The zero-order valence-corrected chi connectivity index (χ0v) is 10.4. The van der Waals surface area contributed by atoms with Crippen LogP contribution in [0, 0.1) is 0 Å². The van der Waals surface area contributed by atoms with E-state index >= 15 is 0 Å². The highest BCUT2D eigenvalue weighted by Gasteiger charge is 2.29. The van der Waals surface area contributed by atoms with Crippen molar-refractivity contribution in [2.24, 2.45) is 5.73 Å². The highest BCUT2D eigenvalue weighted by molar-refractivity contribution is 4.80. The highest BCUT2D eigenvalue weighted by Crippen LogP contribution is 2.21. The second-order valence-corrected chi connectivity index (χ2v) is 5.17. The van der Waals surface area contributed by atoms with Crippen LogP contribution in [0.15, 0.2) is 0 Å². The summed E-state index contributed by atoms with van der Waals surface area (Å²) in [7, 11) is 0. The smallest absolute Gasteiger partial charge is 0.0707 e. The first-order valence-electron chi connectivity index (χ1n) is 6.40. The summed E-state index contributed by atoms with van der Waals surface area (Å²) < 4.78 is 11.6. The maximum atomic E-state index is 5.88. The van der Waals surface area contributed by atoms with Gasteiger partial charge in [0.25, 0.3) is 0 Å². The van der Waals surface area contributed by atoms with Gasteiger partial charge in [0.1, 0.15) is 0 Å². The third kappa shape index (κ3) is 3.17. The lowest BCUT2D eigenvalue weighted by molar-refractivity contribution is -0.0809. The minimum Gasteiger partial charge on any atom is -0.373 e. The molecule has 2 fully saturated rings. The van der Waals surface area contributed by atoms with E-state index in [2.05, 4.69) is 18.7 Å². The van der Waals surface area contributed by atoms with Crippen LogP contribution in [0.2, 0.25) is 0 Å². The van der Waals surface area contributed by atoms with Gasteiger partial charge in [0.05, 0.1) is 24.4 Å². The minimum absolute atomic E-state index is 0.292. The predicted octanol–water partition coefficient (Wildman–Crippen LogP) is 0.602. The van der Waals surface area contributed by atoms with E-state index in [-0.39, 0.29) is 0 Å². The number of hydrogen-bond donors (Lipinski definition) is 1. The van der Waals surface area contributed by atoms with Gasteiger partial charge in [0, 0.05) is 26.2 Å². The van der Waals surface area contributed by atoms with Gasteiger partial charge in [-0.2, -0.15) is 0 Å². The van der Waals surface area contributed by atoms with Crippen molar-refractivity contribution >= 4 is 0 Å². The van der Waals surface area contributed by atoms with Crippen molar-refractivity contribution in [2.45, 2.75) is 51.1 Å². The lowest BCUT2D eigenvalue weighted by Gasteiger charge is -2.36. The molecule has 0 aliphatic carbocycles. The topological polar surface area (TPSA) is 47.7 Å². The number of rotatable bonds is 3. The van der Waals surface area contributed by atoms with Crippen molar-refractivity contribution in [3.63, 3.8) is 0 Å². The van der Waals surface area contributed by atoms with Crippen LogP contribution in [0.25, 0.3) is 0 Å². The maximum absolute atomic E-state index is 5.88. The molecule has 4 nitrogen and oxygen atoms in total. The van der Waals surface area contributed by atoms with Crippen LogP contribution in [0.3, 0.4) is 0 Å². The molecule has 0 bridgehead atoms. The lowest BCUT2D eigenvalue weighted by atomic mass is 10.1. The Kier molecular flexibility index (Phi) is 4.19. The SMILES string of the molecule is C[C@@H]1CN(CC2CCC(CN)O2)C[C@H](C)O1. The molecule has 2 saturated heterocycles. The summed E-state index contributed by atoms with van der Waals surface area (Å²) in [6.45, 7) is 8.03. The van der Waals surface area contributed by atoms with Crippen LogP contribution >= 0.6 is 0 Å². The molecule has 0 radical (unpaired) electrons. The fourth-order valence-corrected chi connectivity index (χ4v) is 2.81. The molecule has 4 atom stereocenters. The Balaban J connectivity index is 1.77. The minimum atomic E-state index is 0.292. The van der Waals surface area contributed by atoms with Crippen molar-refractivity contribution in [3.8, 4) is 0 Å². The molecule has 0 aromatic rings. The number of morpholine rings is 1. The first kappa shape index (κ1) is 12.3. The standard InChI is InChI=1S/C12H24N2O2/c1-9-6-14(7-10(2)15-9)8-12-4-3-11(5-13)16-12/h9-12H,3-8,13H2,1-2H3/t9-,10+,11?,12?. The lowest BCUT2D eigenvalue weighted by Crippen LogP contribution is -2.48. The number of hydrogen-bond acceptors (Lipinski definition) is 4. The molecule has 0 saturated carbocycles. The molecule has 0 aromatic carbocycles. The monoisotopic (exact) mass is 228 g/mol. The average Bonchev–Trinajstić information content (AvgIpc) is 2.64. The summed E-state index contributed by atoms with van der Waals surface area (Å²) in [6.07, 6.45) is 3.64. The third-order valence-electron chi connectivity index (χ3n) is 3.42. The van der Waals surface area contributed by atoms with E-state index in [0.29, 0.717) is 31.0 Å². The predicted molar refractivity (Wildman–Crippen MR) is 63.4 cm³/mol. The Morgan fingerprint density at radius 3 is 2.25 bits per heavy atom. The second-order valence-electron chi connectivity index (χ2n) is 5.17. The fourth-order valence-electron chi connectivity index (χ4n) is 2.81. The van der Waals surface area contributed by atoms with Gasteiger partial charge in [-0.15, -0.1) is 0 Å². The molecule has 2 N–H and O–H groups in total. The van der Waals surface area contributed by atoms with Crippen molar-refractivity contribution in [2.75, 3.05) is 26.2 Å². The van der Waals surface area contributed by atoms with Gasteiger partial charge in [-0.1, -0.05) is 0 Å². The summed E-state index contributed by atoms with van der Waals surface area (Å²) >= 11 is 0. The Morgan fingerprint density at radius 2 is 1.69 bits per heavy atom. The summed E-state index contributed by atoms with van der Waals surface area (Å²) in [5, 5.41) is 0. The van der Waals surface area contributed by atoms with Gasteiger partial charge < -0.3 is 15.2 Å². The van der Waals surface area contributed by atoms with Gasteiger partial charge in [-0.05, 0) is 26.7 Å². The summed E-state index contributed by atoms with van der Waals surface area (Å²) in [6, 6.07) is 0. The molecule has 94 valence electrons. The van der Waals surface area contributed by atoms with Gasteiger partial charge in [0.15, 0.2) is 0 Å².